The summed E-state index contributed by atoms with van der Waals surface area (Å²) >= 11 is 13.9. The first-order valence-corrected chi connectivity index (χ1v) is 12.3. The van der Waals surface area contributed by atoms with Crippen molar-refractivity contribution in [2.75, 3.05) is 18.7 Å². The summed E-state index contributed by atoms with van der Waals surface area (Å²) in [4.78, 5) is 0. The number of nitriles is 1. The van der Waals surface area contributed by atoms with Crippen LogP contribution < -0.4 is 9.47 Å². The van der Waals surface area contributed by atoms with E-state index in [9.17, 15) is 5.26 Å². The number of rotatable bonds is 9. The van der Waals surface area contributed by atoms with Gasteiger partial charge in [0.25, 0.3) is 0 Å². The molecule has 0 atom stereocenters. The number of thioether (sulfide) groups is 1. The molecule has 0 amide bonds. The lowest BCUT2D eigenvalue weighted by atomic mass is 9.77. The number of aromatic nitrogens is 1. The lowest BCUT2D eigenvalue weighted by molar-refractivity contribution is 0.295. The van der Waals surface area contributed by atoms with Crippen LogP contribution in [0.2, 0.25) is 5.02 Å². The lowest BCUT2D eigenvalue weighted by Gasteiger charge is -2.27. The Kier molecular flexibility index (Phi) is 8.05. The molecule has 0 saturated heterocycles. The molecule has 0 unspecified atom stereocenters. The maximum Gasteiger partial charge on any atom is 0.155 e. The molecular formula is C25H26Cl2N2O2S. The van der Waals surface area contributed by atoms with Crippen molar-refractivity contribution in [3.8, 4) is 17.6 Å². The highest BCUT2D eigenvalue weighted by molar-refractivity contribution is 7.98. The van der Waals surface area contributed by atoms with Crippen molar-refractivity contribution in [2.24, 2.45) is 7.05 Å². The van der Waals surface area contributed by atoms with Crippen molar-refractivity contribution in [3.05, 3.63) is 75.9 Å². The van der Waals surface area contributed by atoms with Crippen molar-refractivity contribution in [2.45, 2.75) is 30.9 Å². The summed E-state index contributed by atoms with van der Waals surface area (Å²) in [5, 5.41) is 11.2. The Morgan fingerprint density at radius 1 is 1.06 bits per heavy atom. The second kappa shape index (κ2) is 10.6. The van der Waals surface area contributed by atoms with Crippen molar-refractivity contribution in [3.63, 3.8) is 0 Å². The normalized spacial score (nSPS) is 11.3. The topological polar surface area (TPSA) is 47.2 Å². The predicted molar refractivity (Wildman–Crippen MR) is 132 cm³/mol. The van der Waals surface area contributed by atoms with Crippen molar-refractivity contribution in [1.29, 1.82) is 5.26 Å². The molecule has 0 aliphatic carbocycles. The van der Waals surface area contributed by atoms with Crippen LogP contribution in [0.25, 0.3) is 0 Å². The van der Waals surface area contributed by atoms with E-state index in [1.807, 2.05) is 43.4 Å². The number of hydrogen-bond donors (Lipinski definition) is 0. The number of benzene rings is 2. The van der Waals surface area contributed by atoms with Gasteiger partial charge in [-0.3, -0.25) is 0 Å². The molecule has 2 aromatic carbocycles. The first-order valence-electron chi connectivity index (χ1n) is 10.2. The van der Waals surface area contributed by atoms with Gasteiger partial charge in [-0.1, -0.05) is 37.6 Å². The van der Waals surface area contributed by atoms with Gasteiger partial charge in [0.2, 0.25) is 0 Å². The summed E-state index contributed by atoms with van der Waals surface area (Å²) in [5.41, 5.74) is 3.17. The fourth-order valence-corrected chi connectivity index (χ4v) is 4.45. The zero-order valence-electron chi connectivity index (χ0n) is 18.6. The number of hydrogen-bond acceptors (Lipinski definition) is 4. The quantitative estimate of drug-likeness (QED) is 0.245. The summed E-state index contributed by atoms with van der Waals surface area (Å²) in [6, 6.07) is 18.1. The Morgan fingerprint density at radius 2 is 1.78 bits per heavy atom. The molecule has 3 rings (SSSR count). The van der Waals surface area contributed by atoms with Crippen LogP contribution in [0.15, 0.2) is 53.6 Å². The van der Waals surface area contributed by atoms with Crippen LogP contribution >= 0.6 is 35.0 Å². The molecule has 0 fully saturated rings. The van der Waals surface area contributed by atoms with Crippen LogP contribution in [0.1, 0.15) is 36.2 Å². The third kappa shape index (κ3) is 5.20. The van der Waals surface area contributed by atoms with Gasteiger partial charge in [-0.15, -0.1) is 23.4 Å². The van der Waals surface area contributed by atoms with E-state index in [-0.39, 0.29) is 5.41 Å². The molecule has 1 aromatic heterocycles. The monoisotopic (exact) mass is 488 g/mol. The van der Waals surface area contributed by atoms with E-state index < -0.39 is 0 Å². The zero-order chi connectivity index (χ0) is 23.3. The van der Waals surface area contributed by atoms with Crippen molar-refractivity contribution >= 4 is 35.0 Å². The number of halogens is 2. The fraction of sp³-hybridized carbons (Fsp3) is 0.320. The van der Waals surface area contributed by atoms with Crippen LogP contribution in [-0.4, -0.2) is 23.3 Å². The molecule has 0 saturated carbocycles. The summed E-state index contributed by atoms with van der Waals surface area (Å²) in [7, 11) is 2.04. The van der Waals surface area contributed by atoms with Gasteiger partial charge in [0.1, 0.15) is 25.0 Å². The average Bonchev–Trinajstić information content (AvgIpc) is 3.15. The Balaban J connectivity index is 1.79. The second-order valence-corrected chi connectivity index (χ2v) is 9.46. The largest absolute Gasteiger partial charge is 0.489 e. The predicted octanol–water partition coefficient (Wildman–Crippen LogP) is 6.79. The molecule has 7 heteroatoms. The molecule has 0 bridgehead atoms. The Labute approximate surface area is 204 Å². The Morgan fingerprint density at radius 3 is 2.38 bits per heavy atom. The molecular weight excluding hydrogens is 463 g/mol. The maximum absolute atomic E-state index is 9.59. The highest BCUT2D eigenvalue weighted by Crippen LogP contribution is 2.38. The highest BCUT2D eigenvalue weighted by atomic mass is 35.5. The highest BCUT2D eigenvalue weighted by Gasteiger charge is 2.26. The van der Waals surface area contributed by atoms with E-state index in [1.165, 1.54) is 5.03 Å². The van der Waals surface area contributed by atoms with Gasteiger partial charge in [-0.05, 0) is 53.8 Å². The second-order valence-electron chi connectivity index (χ2n) is 7.85. The first-order chi connectivity index (χ1) is 15.3. The summed E-state index contributed by atoms with van der Waals surface area (Å²) in [6.45, 7) is 5.00. The van der Waals surface area contributed by atoms with E-state index in [0.29, 0.717) is 35.4 Å². The molecule has 3 aromatic rings. The maximum atomic E-state index is 9.59. The lowest BCUT2D eigenvalue weighted by Crippen LogP contribution is -2.19. The van der Waals surface area contributed by atoms with Gasteiger partial charge in [-0.2, -0.15) is 5.26 Å². The van der Waals surface area contributed by atoms with Gasteiger partial charge in [0, 0.05) is 12.5 Å². The van der Waals surface area contributed by atoms with E-state index >= 15 is 0 Å². The minimum Gasteiger partial charge on any atom is -0.489 e. The minimum absolute atomic E-state index is 0.293. The molecule has 0 aliphatic heterocycles. The third-order valence-electron chi connectivity index (χ3n) is 5.56. The molecule has 0 aliphatic rings. The van der Waals surface area contributed by atoms with Gasteiger partial charge in [-0.25, -0.2) is 0 Å². The van der Waals surface area contributed by atoms with Gasteiger partial charge >= 0.3 is 0 Å². The zero-order valence-corrected chi connectivity index (χ0v) is 20.9. The Bertz CT molecular complexity index is 1120. The number of alkyl halides is 1. The third-order valence-corrected chi connectivity index (χ3v) is 6.82. The van der Waals surface area contributed by atoms with E-state index in [2.05, 4.69) is 42.9 Å². The van der Waals surface area contributed by atoms with Crippen LogP contribution in [0.3, 0.4) is 0 Å². The van der Waals surface area contributed by atoms with E-state index in [0.717, 1.165) is 22.6 Å². The van der Waals surface area contributed by atoms with Gasteiger partial charge < -0.3 is 14.0 Å². The van der Waals surface area contributed by atoms with Crippen molar-refractivity contribution in [1.82, 2.24) is 4.57 Å². The molecule has 1 heterocycles. The summed E-state index contributed by atoms with van der Waals surface area (Å²) in [5.74, 6) is 1.51. The molecule has 168 valence electrons. The molecule has 0 N–H and O–H groups in total. The van der Waals surface area contributed by atoms with Crippen LogP contribution in [0, 0.1) is 11.3 Å². The van der Waals surface area contributed by atoms with E-state index in [4.69, 9.17) is 32.7 Å². The summed E-state index contributed by atoms with van der Waals surface area (Å²) < 4.78 is 13.7. The molecule has 32 heavy (non-hydrogen) atoms. The van der Waals surface area contributed by atoms with Crippen LogP contribution in [-0.2, 0) is 19.1 Å². The SMILES string of the molecule is CSc1ccc(COc2ccc(C(C)(C)c3cc(Cl)c(OCCCl)c(C#N)c3)cc2)n1C. The van der Waals surface area contributed by atoms with E-state index in [1.54, 1.807) is 11.8 Å². The molecule has 0 radical (unpaired) electrons. The van der Waals surface area contributed by atoms with Crippen LogP contribution in [0.4, 0.5) is 0 Å². The summed E-state index contributed by atoms with van der Waals surface area (Å²) in [6.07, 6.45) is 2.06. The Hall–Kier alpha value is -2.26. The fourth-order valence-electron chi connectivity index (χ4n) is 3.50. The standard InChI is InChI=1S/C25H26Cl2N2O2S/c1-25(2,19-13-17(15-28)24(22(27)14-19)30-12-11-26)18-5-8-21(9-6-18)31-16-20-7-10-23(32-4)29(20)3/h5-10,13-14H,11-12,16H2,1-4H3. The average molecular weight is 489 g/mol. The van der Waals surface area contributed by atoms with Crippen molar-refractivity contribution < 1.29 is 9.47 Å². The molecule has 4 nitrogen and oxygen atoms in total. The minimum atomic E-state index is -0.371. The first kappa shape index (κ1) is 24.4. The number of ether oxygens (including phenoxy) is 2. The molecule has 0 spiro atoms. The smallest absolute Gasteiger partial charge is 0.155 e. The van der Waals surface area contributed by atoms with Crippen LogP contribution in [0.5, 0.6) is 11.5 Å². The number of nitrogens with zero attached hydrogens (tertiary/aromatic N) is 2. The van der Waals surface area contributed by atoms with Gasteiger partial charge in [0.05, 0.1) is 27.2 Å². The van der Waals surface area contributed by atoms with Gasteiger partial charge in [0.15, 0.2) is 5.75 Å².